The van der Waals surface area contributed by atoms with Crippen LogP contribution < -0.4 is 15.5 Å². The fraction of sp³-hybridized carbons (Fsp3) is 0.302. The van der Waals surface area contributed by atoms with Gasteiger partial charge in [-0.15, -0.1) is 0 Å². The monoisotopic (exact) mass is 770 g/mol. The molecule has 2 N–H and O–H groups in total. The average Bonchev–Trinajstić information content (AvgIpc) is 3.46. The number of hydrogen-bond acceptors (Lipinski definition) is 9. The lowest BCUT2D eigenvalue weighted by Crippen LogP contribution is -2.64. The molecule has 57 heavy (non-hydrogen) atoms. The molecule has 0 aromatic heterocycles. The normalized spacial score (nSPS) is 18.1. The van der Waals surface area contributed by atoms with Crippen LogP contribution >= 0.6 is 0 Å². The van der Waals surface area contributed by atoms with Crippen molar-refractivity contribution in [1.29, 1.82) is 0 Å². The molecule has 1 atom stereocenters. The van der Waals surface area contributed by atoms with E-state index in [1.54, 1.807) is 28.0 Å². The zero-order valence-electron chi connectivity index (χ0n) is 31.3. The van der Waals surface area contributed by atoms with E-state index in [-0.39, 0.29) is 68.4 Å². The van der Waals surface area contributed by atoms with Gasteiger partial charge in [0.2, 0.25) is 17.7 Å². The van der Waals surface area contributed by atoms with Gasteiger partial charge in [-0.05, 0) is 58.2 Å². The molecule has 2 saturated heterocycles. The summed E-state index contributed by atoms with van der Waals surface area (Å²) in [4.78, 5) is 83.0. The maximum absolute atomic E-state index is 14.1. The van der Waals surface area contributed by atoms with Gasteiger partial charge in [-0.2, -0.15) is 0 Å². The zero-order chi connectivity index (χ0) is 39.6. The van der Waals surface area contributed by atoms with Crippen LogP contribution in [0.2, 0.25) is 0 Å². The number of imide groups is 2. The fourth-order valence-corrected chi connectivity index (χ4v) is 7.96. The lowest BCUT2D eigenvalue weighted by atomic mass is 9.95. The highest BCUT2D eigenvalue weighted by atomic mass is 16.5. The van der Waals surface area contributed by atoms with Crippen LogP contribution in [0.15, 0.2) is 91.5 Å². The van der Waals surface area contributed by atoms with Crippen molar-refractivity contribution in [2.45, 2.75) is 31.5 Å². The van der Waals surface area contributed by atoms with E-state index in [9.17, 15) is 28.8 Å². The number of benzene rings is 4. The van der Waals surface area contributed by atoms with Crippen molar-refractivity contribution < 1.29 is 38.2 Å². The van der Waals surface area contributed by atoms with Crippen LogP contribution in [0.1, 0.15) is 39.1 Å². The summed E-state index contributed by atoms with van der Waals surface area (Å²) in [6.07, 6.45) is 1.43. The molecular formula is C43H42N6O8. The van der Waals surface area contributed by atoms with Crippen LogP contribution in [0.4, 0.5) is 16.2 Å². The smallest absolute Gasteiger partial charge is 0.325 e. The zero-order valence-corrected chi connectivity index (χ0v) is 31.3. The van der Waals surface area contributed by atoms with Gasteiger partial charge in [0.15, 0.2) is 0 Å². The molecule has 14 heteroatoms. The maximum atomic E-state index is 14.1. The van der Waals surface area contributed by atoms with Gasteiger partial charge in [-0.1, -0.05) is 67.2 Å². The van der Waals surface area contributed by atoms with Gasteiger partial charge in [-0.3, -0.25) is 39.1 Å². The molecule has 0 saturated carbocycles. The largest absolute Gasteiger partial charge is 0.382 e. The Morgan fingerprint density at radius 1 is 0.860 bits per heavy atom. The van der Waals surface area contributed by atoms with Crippen molar-refractivity contribution in [1.82, 2.24) is 20.0 Å². The Labute approximate surface area is 329 Å². The van der Waals surface area contributed by atoms with Gasteiger partial charge in [0.1, 0.15) is 6.04 Å². The summed E-state index contributed by atoms with van der Waals surface area (Å²) in [6.45, 7) is 6.70. The summed E-state index contributed by atoms with van der Waals surface area (Å²) in [7, 11) is 0. The molecule has 1 unspecified atom stereocenters. The average molecular weight is 771 g/mol. The molecule has 292 valence electrons. The molecule has 8 rings (SSSR count). The van der Waals surface area contributed by atoms with Crippen molar-refractivity contribution in [3.63, 3.8) is 0 Å². The maximum Gasteiger partial charge on any atom is 0.325 e. The molecule has 4 aliphatic rings. The quantitative estimate of drug-likeness (QED) is 0.109. The summed E-state index contributed by atoms with van der Waals surface area (Å²) in [6, 6.07) is 24.3. The van der Waals surface area contributed by atoms with Crippen molar-refractivity contribution in [2.24, 2.45) is 0 Å². The number of likely N-dealkylation sites (tertiary alicyclic amines) is 1. The number of hydrogen-bond donors (Lipinski definition) is 2. The Balaban J connectivity index is 0.859. The SMILES string of the molecule is C=CC(=O)N1CC(N2Cc3ccc(-c4cccc5ccccc45)cc3N(CCOCCOCCNc3cccc4c3C(=O)N(C3CCC(=O)NC3=O)C4=O)C2=O)C1. The predicted molar refractivity (Wildman–Crippen MR) is 211 cm³/mol. The van der Waals surface area contributed by atoms with Gasteiger partial charge < -0.3 is 24.6 Å². The number of ether oxygens (including phenoxy) is 2. The minimum atomic E-state index is -1.04. The number of carbonyl (C=O) groups is 6. The van der Waals surface area contributed by atoms with Gasteiger partial charge in [-0.25, -0.2) is 4.79 Å². The number of anilines is 2. The third-order valence-corrected chi connectivity index (χ3v) is 10.9. The number of carbonyl (C=O) groups excluding carboxylic acids is 6. The second-order valence-electron chi connectivity index (χ2n) is 14.4. The van der Waals surface area contributed by atoms with Crippen molar-refractivity contribution in [3.8, 4) is 11.1 Å². The standard InChI is InChI=1S/C43H42N6O8/c1-2-38(51)46-25-30(26-46)48-24-29-14-13-28(32-10-5-8-27-7-3-4-9-31(27)32)23-36(29)47(43(48)55)18-20-57-22-21-56-19-17-44-34-12-6-11-33-39(34)42(54)49(41(33)53)35-15-16-37(50)45-40(35)52/h2-14,23,30,35,44H,1,15-22,24-26H2,(H,45,50,52). The topological polar surface area (TPSA) is 158 Å². The Bertz CT molecular complexity index is 2300. The van der Waals surface area contributed by atoms with E-state index in [1.165, 1.54) is 6.08 Å². The van der Waals surface area contributed by atoms with E-state index >= 15 is 0 Å². The van der Waals surface area contributed by atoms with Crippen LogP contribution in [0, 0.1) is 0 Å². The van der Waals surface area contributed by atoms with Gasteiger partial charge >= 0.3 is 6.03 Å². The molecule has 4 heterocycles. The number of piperidine rings is 1. The van der Waals surface area contributed by atoms with Crippen molar-refractivity contribution >= 4 is 57.7 Å². The number of amides is 7. The van der Waals surface area contributed by atoms with E-state index in [2.05, 4.69) is 59.7 Å². The van der Waals surface area contributed by atoms with E-state index < -0.39 is 29.7 Å². The Morgan fingerprint density at radius 3 is 2.42 bits per heavy atom. The number of fused-ring (bicyclic) bond motifs is 3. The van der Waals surface area contributed by atoms with E-state index in [0.29, 0.717) is 38.4 Å². The molecule has 14 nitrogen and oxygen atoms in total. The van der Waals surface area contributed by atoms with Crippen LogP contribution in [0.3, 0.4) is 0 Å². The highest BCUT2D eigenvalue weighted by Gasteiger charge is 2.46. The lowest BCUT2D eigenvalue weighted by molar-refractivity contribution is -0.136. The fourth-order valence-electron chi connectivity index (χ4n) is 7.96. The third-order valence-electron chi connectivity index (χ3n) is 10.9. The lowest BCUT2D eigenvalue weighted by Gasteiger charge is -2.48. The molecule has 0 radical (unpaired) electrons. The molecule has 0 spiro atoms. The summed E-state index contributed by atoms with van der Waals surface area (Å²) >= 11 is 0. The Kier molecular flexibility index (Phi) is 10.5. The number of rotatable bonds is 14. The molecular weight excluding hydrogens is 729 g/mol. The first-order valence-corrected chi connectivity index (χ1v) is 19.1. The third kappa shape index (κ3) is 7.25. The van der Waals surface area contributed by atoms with E-state index in [0.717, 1.165) is 38.1 Å². The second-order valence-corrected chi connectivity index (χ2v) is 14.4. The molecule has 0 bridgehead atoms. The molecule has 4 aliphatic heterocycles. The summed E-state index contributed by atoms with van der Waals surface area (Å²) in [5.74, 6) is -2.38. The molecule has 2 fully saturated rings. The molecule has 4 aromatic rings. The van der Waals surface area contributed by atoms with Gasteiger partial charge in [0, 0.05) is 38.3 Å². The van der Waals surface area contributed by atoms with Gasteiger partial charge in [0.25, 0.3) is 11.8 Å². The first kappa shape index (κ1) is 37.5. The molecule has 0 aliphatic carbocycles. The van der Waals surface area contributed by atoms with E-state index in [1.807, 2.05) is 23.1 Å². The Morgan fingerprint density at radius 2 is 1.61 bits per heavy atom. The molecule has 4 aromatic carbocycles. The van der Waals surface area contributed by atoms with Crippen LogP contribution in [-0.4, -0.2) is 115 Å². The molecule has 7 amide bonds. The van der Waals surface area contributed by atoms with Crippen LogP contribution in [0.5, 0.6) is 0 Å². The highest BCUT2D eigenvalue weighted by Crippen LogP contribution is 2.37. The number of urea groups is 1. The first-order chi connectivity index (χ1) is 27.7. The van der Waals surface area contributed by atoms with Crippen molar-refractivity contribution in [2.75, 3.05) is 62.8 Å². The van der Waals surface area contributed by atoms with E-state index in [4.69, 9.17) is 9.47 Å². The summed E-state index contributed by atoms with van der Waals surface area (Å²) in [5, 5.41) is 7.63. The minimum Gasteiger partial charge on any atom is -0.382 e. The van der Waals surface area contributed by atoms with Gasteiger partial charge in [0.05, 0.1) is 55.8 Å². The number of nitrogens with zero attached hydrogens (tertiary/aromatic N) is 4. The van der Waals surface area contributed by atoms with Crippen molar-refractivity contribution in [3.05, 3.63) is 108 Å². The summed E-state index contributed by atoms with van der Waals surface area (Å²) in [5.41, 5.74) is 4.77. The predicted octanol–water partition coefficient (Wildman–Crippen LogP) is 4.19. The first-order valence-electron chi connectivity index (χ1n) is 19.1. The van der Waals surface area contributed by atoms with Crippen LogP contribution in [-0.2, 0) is 30.4 Å². The highest BCUT2D eigenvalue weighted by molar-refractivity contribution is 6.25. The van der Waals surface area contributed by atoms with Crippen LogP contribution in [0.25, 0.3) is 21.9 Å². The Hall–Kier alpha value is -6.38. The number of nitrogens with one attached hydrogen (secondary N) is 2. The minimum absolute atomic E-state index is 0.0481. The summed E-state index contributed by atoms with van der Waals surface area (Å²) < 4.78 is 11.7. The second kappa shape index (κ2) is 16.0.